The molecule has 0 saturated carbocycles. The molecule has 10 heavy (non-hydrogen) atoms. The number of rotatable bonds is 2. The van der Waals surface area contributed by atoms with Gasteiger partial charge in [0.2, 0.25) is 0 Å². The first-order chi connectivity index (χ1) is 4.74. The molecule has 0 N–H and O–H groups in total. The lowest BCUT2D eigenvalue weighted by molar-refractivity contribution is 0.250. The second-order valence-corrected chi connectivity index (χ2v) is 2.04. The zero-order valence-corrected chi connectivity index (χ0v) is 6.47. The molecule has 0 saturated heterocycles. The minimum atomic E-state index is 0.542. The standard InChI is InChI=1S/C7H11NO2/c1-4-9-7-5(2)8-6(3)10-7/h4H2,1-3H3. The summed E-state index contributed by atoms with van der Waals surface area (Å²) in [6, 6.07) is 0. The van der Waals surface area contributed by atoms with E-state index < -0.39 is 0 Å². The number of hydrogen-bond donors (Lipinski definition) is 0. The van der Waals surface area contributed by atoms with Crippen LogP contribution in [-0.2, 0) is 0 Å². The molecule has 0 atom stereocenters. The summed E-state index contributed by atoms with van der Waals surface area (Å²) in [6.07, 6.45) is 0. The molecule has 0 unspecified atom stereocenters. The summed E-state index contributed by atoms with van der Waals surface area (Å²) in [4.78, 5) is 4.04. The van der Waals surface area contributed by atoms with Crippen molar-refractivity contribution in [2.75, 3.05) is 6.61 Å². The lowest BCUT2D eigenvalue weighted by Crippen LogP contribution is -1.90. The molecule has 0 aliphatic rings. The van der Waals surface area contributed by atoms with E-state index in [-0.39, 0.29) is 0 Å². The van der Waals surface area contributed by atoms with Gasteiger partial charge in [-0.3, -0.25) is 0 Å². The Morgan fingerprint density at radius 2 is 2.20 bits per heavy atom. The van der Waals surface area contributed by atoms with Gasteiger partial charge in [-0.05, 0) is 13.8 Å². The molecule has 1 rings (SSSR count). The van der Waals surface area contributed by atoms with Gasteiger partial charge in [-0.2, -0.15) is 0 Å². The molecule has 0 fully saturated rings. The fourth-order valence-corrected chi connectivity index (χ4v) is 0.778. The van der Waals surface area contributed by atoms with E-state index in [0.717, 1.165) is 5.69 Å². The van der Waals surface area contributed by atoms with Crippen molar-refractivity contribution in [1.29, 1.82) is 0 Å². The smallest absolute Gasteiger partial charge is 0.308 e. The number of aryl methyl sites for hydroxylation is 2. The largest absolute Gasteiger partial charge is 0.464 e. The van der Waals surface area contributed by atoms with E-state index in [1.807, 2.05) is 13.8 Å². The van der Waals surface area contributed by atoms with Crippen molar-refractivity contribution in [3.63, 3.8) is 0 Å². The first-order valence-corrected chi connectivity index (χ1v) is 3.31. The molecule has 0 amide bonds. The van der Waals surface area contributed by atoms with Gasteiger partial charge in [0.05, 0.1) is 6.61 Å². The van der Waals surface area contributed by atoms with Crippen molar-refractivity contribution >= 4 is 0 Å². The second-order valence-electron chi connectivity index (χ2n) is 2.04. The Kier molecular flexibility index (Phi) is 1.94. The average Bonchev–Trinajstić information content (AvgIpc) is 2.13. The summed E-state index contributed by atoms with van der Waals surface area (Å²) in [7, 11) is 0. The minimum absolute atomic E-state index is 0.542. The second kappa shape index (κ2) is 2.73. The Labute approximate surface area is 60.0 Å². The number of aromatic nitrogens is 1. The number of ether oxygens (including phenoxy) is 1. The minimum Gasteiger partial charge on any atom is -0.464 e. The highest BCUT2D eigenvalue weighted by Crippen LogP contribution is 2.17. The summed E-state index contributed by atoms with van der Waals surface area (Å²) < 4.78 is 10.2. The van der Waals surface area contributed by atoms with Crippen LogP contribution in [0.5, 0.6) is 5.95 Å². The predicted octanol–water partition coefficient (Wildman–Crippen LogP) is 1.69. The fourth-order valence-electron chi connectivity index (χ4n) is 0.778. The lowest BCUT2D eigenvalue weighted by Gasteiger charge is -1.95. The maximum absolute atomic E-state index is 5.13. The van der Waals surface area contributed by atoms with Crippen LogP contribution < -0.4 is 4.74 Å². The third-order valence-corrected chi connectivity index (χ3v) is 1.14. The molecule has 0 radical (unpaired) electrons. The molecule has 0 aliphatic carbocycles. The summed E-state index contributed by atoms with van der Waals surface area (Å²) in [5.41, 5.74) is 0.819. The molecular weight excluding hydrogens is 130 g/mol. The zero-order valence-electron chi connectivity index (χ0n) is 6.47. The highest BCUT2D eigenvalue weighted by molar-refractivity contribution is 5.13. The maximum Gasteiger partial charge on any atom is 0.308 e. The first-order valence-electron chi connectivity index (χ1n) is 3.31. The van der Waals surface area contributed by atoms with Gasteiger partial charge in [-0.25, -0.2) is 4.98 Å². The van der Waals surface area contributed by atoms with Crippen LogP contribution in [0.15, 0.2) is 4.42 Å². The molecule has 0 aromatic carbocycles. The summed E-state index contributed by atoms with van der Waals surface area (Å²) in [5.74, 6) is 1.20. The highest BCUT2D eigenvalue weighted by Gasteiger charge is 2.05. The van der Waals surface area contributed by atoms with Gasteiger partial charge in [-0.15, -0.1) is 0 Å². The Hall–Kier alpha value is -0.990. The van der Waals surface area contributed by atoms with Gasteiger partial charge in [-0.1, -0.05) is 0 Å². The molecular formula is C7H11NO2. The van der Waals surface area contributed by atoms with Gasteiger partial charge in [0.15, 0.2) is 5.89 Å². The number of oxazole rings is 1. The van der Waals surface area contributed by atoms with E-state index in [1.54, 1.807) is 6.92 Å². The summed E-state index contributed by atoms with van der Waals surface area (Å²) >= 11 is 0. The number of nitrogens with zero attached hydrogens (tertiary/aromatic N) is 1. The molecule has 1 aromatic rings. The Bertz CT molecular complexity index is 217. The highest BCUT2D eigenvalue weighted by atomic mass is 16.6. The van der Waals surface area contributed by atoms with E-state index in [0.29, 0.717) is 18.4 Å². The zero-order chi connectivity index (χ0) is 7.56. The van der Waals surface area contributed by atoms with Crippen LogP contribution in [-0.4, -0.2) is 11.6 Å². The van der Waals surface area contributed by atoms with Gasteiger partial charge in [0, 0.05) is 6.92 Å². The van der Waals surface area contributed by atoms with Crippen LogP contribution in [0.1, 0.15) is 18.5 Å². The van der Waals surface area contributed by atoms with Crippen LogP contribution in [0.25, 0.3) is 0 Å². The van der Waals surface area contributed by atoms with Crippen LogP contribution in [0.4, 0.5) is 0 Å². The molecule has 56 valence electrons. The third-order valence-electron chi connectivity index (χ3n) is 1.14. The molecule has 3 nitrogen and oxygen atoms in total. The molecule has 3 heteroatoms. The predicted molar refractivity (Wildman–Crippen MR) is 37.1 cm³/mol. The summed E-state index contributed by atoms with van der Waals surface area (Å²) in [5, 5.41) is 0. The van der Waals surface area contributed by atoms with E-state index in [9.17, 15) is 0 Å². The van der Waals surface area contributed by atoms with Gasteiger partial charge >= 0.3 is 5.95 Å². The average molecular weight is 141 g/mol. The van der Waals surface area contributed by atoms with Crippen molar-refractivity contribution in [2.24, 2.45) is 0 Å². The Morgan fingerprint density at radius 1 is 1.50 bits per heavy atom. The van der Waals surface area contributed by atoms with Crippen molar-refractivity contribution in [1.82, 2.24) is 4.98 Å². The van der Waals surface area contributed by atoms with Crippen molar-refractivity contribution in [2.45, 2.75) is 20.8 Å². The lowest BCUT2D eigenvalue weighted by atomic mass is 10.5. The monoisotopic (exact) mass is 141 g/mol. The third kappa shape index (κ3) is 1.29. The molecule has 0 aliphatic heterocycles. The molecule has 0 spiro atoms. The Morgan fingerprint density at radius 3 is 2.60 bits per heavy atom. The maximum atomic E-state index is 5.13. The molecule has 0 bridgehead atoms. The van der Waals surface area contributed by atoms with Crippen LogP contribution in [0.3, 0.4) is 0 Å². The van der Waals surface area contributed by atoms with E-state index in [4.69, 9.17) is 9.15 Å². The Balaban J connectivity index is 2.81. The number of hydrogen-bond acceptors (Lipinski definition) is 3. The normalized spacial score (nSPS) is 9.90. The fraction of sp³-hybridized carbons (Fsp3) is 0.571. The van der Waals surface area contributed by atoms with E-state index in [2.05, 4.69) is 4.98 Å². The van der Waals surface area contributed by atoms with Gasteiger partial charge in [0.1, 0.15) is 5.69 Å². The van der Waals surface area contributed by atoms with Crippen molar-refractivity contribution in [3.05, 3.63) is 11.6 Å². The van der Waals surface area contributed by atoms with Crippen LogP contribution in [0.2, 0.25) is 0 Å². The van der Waals surface area contributed by atoms with E-state index >= 15 is 0 Å². The SMILES string of the molecule is CCOc1oc(C)nc1C. The van der Waals surface area contributed by atoms with Gasteiger partial charge in [0.25, 0.3) is 0 Å². The van der Waals surface area contributed by atoms with Crippen LogP contribution >= 0.6 is 0 Å². The van der Waals surface area contributed by atoms with Crippen LogP contribution in [0, 0.1) is 13.8 Å². The summed E-state index contributed by atoms with van der Waals surface area (Å²) in [6.45, 7) is 6.20. The topological polar surface area (TPSA) is 35.3 Å². The molecule has 1 heterocycles. The first kappa shape index (κ1) is 7.12. The van der Waals surface area contributed by atoms with Gasteiger partial charge < -0.3 is 9.15 Å². The quantitative estimate of drug-likeness (QED) is 0.628. The van der Waals surface area contributed by atoms with Crippen molar-refractivity contribution < 1.29 is 9.15 Å². The van der Waals surface area contributed by atoms with E-state index in [1.165, 1.54) is 0 Å². The van der Waals surface area contributed by atoms with Crippen molar-refractivity contribution in [3.8, 4) is 5.95 Å². The molecule has 1 aromatic heterocycles.